The molecular weight excluding hydrogens is 633 g/mol. The van der Waals surface area contributed by atoms with Gasteiger partial charge in [-0.15, -0.1) is 21.5 Å². The van der Waals surface area contributed by atoms with E-state index in [2.05, 4.69) is 63.5 Å². The first-order valence-electron chi connectivity index (χ1n) is 15.6. The van der Waals surface area contributed by atoms with Gasteiger partial charge in [0.2, 0.25) is 5.91 Å². The van der Waals surface area contributed by atoms with Crippen molar-refractivity contribution in [2.45, 2.75) is 52.3 Å². The van der Waals surface area contributed by atoms with Crippen LogP contribution in [-0.2, 0) is 4.79 Å². The number of rotatable bonds is 10. The van der Waals surface area contributed by atoms with Crippen molar-refractivity contribution < 1.29 is 29.3 Å². The van der Waals surface area contributed by atoms with Gasteiger partial charge in [0, 0.05) is 37.6 Å². The molecule has 2 radical (unpaired) electrons. The van der Waals surface area contributed by atoms with Crippen molar-refractivity contribution in [1.29, 1.82) is 0 Å². The van der Waals surface area contributed by atoms with Crippen LogP contribution in [0.5, 0.6) is 5.75 Å². The Hall–Kier alpha value is -4.36. The predicted octanol–water partition coefficient (Wildman–Crippen LogP) is 3.39. The van der Waals surface area contributed by atoms with Crippen molar-refractivity contribution in [2.75, 3.05) is 37.9 Å². The number of thiazole rings is 1. The Morgan fingerprint density at radius 3 is 2.58 bits per heavy atom. The summed E-state index contributed by atoms with van der Waals surface area (Å²) < 4.78 is 5.60. The molecule has 252 valence electrons. The molecule has 13 nitrogen and oxygen atoms in total. The van der Waals surface area contributed by atoms with Crippen molar-refractivity contribution in [3.05, 3.63) is 41.0 Å². The number of hydrogen-bond donors (Lipinski definition) is 5. The highest BCUT2D eigenvalue weighted by Crippen LogP contribution is 2.40. The topological polar surface area (TPSA) is 179 Å². The number of benzene rings is 1. The van der Waals surface area contributed by atoms with Gasteiger partial charge in [-0.3, -0.25) is 19.3 Å². The van der Waals surface area contributed by atoms with E-state index in [-0.39, 0.29) is 34.8 Å². The van der Waals surface area contributed by atoms with E-state index in [9.17, 15) is 24.6 Å². The molecule has 3 heterocycles. The number of nitrogens with one attached hydrogen (secondary N) is 3. The second kappa shape index (κ2) is 16.2. The van der Waals surface area contributed by atoms with Crippen LogP contribution in [-0.4, -0.2) is 88.8 Å². The number of hydrogen-bond acceptors (Lipinski definition) is 12. The third-order valence-electron chi connectivity index (χ3n) is 7.54. The van der Waals surface area contributed by atoms with Crippen LogP contribution < -0.4 is 20.7 Å². The van der Waals surface area contributed by atoms with Crippen molar-refractivity contribution in [1.82, 2.24) is 25.4 Å². The van der Waals surface area contributed by atoms with E-state index in [0.717, 1.165) is 25.3 Å². The number of methoxy groups -OCH3 is 1. The highest BCUT2D eigenvalue weighted by Gasteiger charge is 2.30. The molecule has 2 aromatic heterocycles. The van der Waals surface area contributed by atoms with E-state index in [4.69, 9.17) is 12.6 Å². The van der Waals surface area contributed by atoms with Crippen molar-refractivity contribution >= 4 is 54.0 Å². The fourth-order valence-corrected chi connectivity index (χ4v) is 5.89. The number of amides is 2. The lowest BCUT2D eigenvalue weighted by molar-refractivity contribution is -0.117. The van der Waals surface area contributed by atoms with Gasteiger partial charge < -0.3 is 30.9 Å². The summed E-state index contributed by atoms with van der Waals surface area (Å²) in [5.74, 6) is 3.99. The molecule has 1 aliphatic heterocycles. The van der Waals surface area contributed by atoms with Gasteiger partial charge in [-0.2, -0.15) is 0 Å². The number of ether oxygens (including phenoxy) is 1. The fourth-order valence-electron chi connectivity index (χ4n) is 5.06. The standard InChI is InChI=1S/C22H21BN6O6S.C11H19N/c1-10(30)15-9-24-21(36-15)12-4-3-5-13(18(12)35-2)25-14-8-16(26-19(31)11-6-7-11)28-29-17(14)20(32)27-22(23,33)34;1-4-11-6-5-7-12(3)9-10(2)8-11/h3-5,8-9,11,33-34H,6-7H2,1-2H3,(H,27,32)(H2,25,26,28,31);10-11H,4,7-9H2,1-3H3. The number of aliphatic hydroxyl groups is 2. The van der Waals surface area contributed by atoms with E-state index in [0.29, 0.717) is 32.8 Å². The van der Waals surface area contributed by atoms with E-state index in [1.165, 1.54) is 57.0 Å². The Labute approximate surface area is 285 Å². The minimum absolute atomic E-state index is 0.0665. The SMILES string of the molecule is CCC1C#CCN(C)CC(C)C1.[B]C(O)(O)NC(=O)c1nnc(NC(=O)C2CC2)cc1Nc1cccc(-c2ncc(C(C)=O)s2)c1OC. The molecule has 5 N–H and O–H groups in total. The van der Waals surface area contributed by atoms with Crippen LogP contribution in [0.3, 0.4) is 0 Å². The molecule has 48 heavy (non-hydrogen) atoms. The first-order valence-corrected chi connectivity index (χ1v) is 16.4. The quantitative estimate of drug-likeness (QED) is 0.0922. The smallest absolute Gasteiger partial charge is 0.277 e. The molecule has 1 aromatic carbocycles. The molecule has 15 heteroatoms. The Bertz CT molecular complexity index is 1700. The van der Waals surface area contributed by atoms with Crippen molar-refractivity contribution in [2.24, 2.45) is 17.8 Å². The molecule has 3 aromatic rings. The third kappa shape index (κ3) is 10.3. The Morgan fingerprint density at radius 1 is 1.21 bits per heavy atom. The Kier molecular flexibility index (Phi) is 12.3. The van der Waals surface area contributed by atoms with E-state index >= 15 is 0 Å². The molecule has 2 amide bonds. The first kappa shape index (κ1) is 36.5. The number of aromatic nitrogens is 3. The molecule has 0 bridgehead atoms. The van der Waals surface area contributed by atoms with Crippen molar-refractivity contribution in [3.8, 4) is 28.2 Å². The number of anilines is 3. The lowest BCUT2D eigenvalue weighted by Gasteiger charge is -2.23. The number of carbonyl (C=O) groups excluding carboxylic acids is 3. The minimum atomic E-state index is -2.99. The van der Waals surface area contributed by atoms with Gasteiger partial charge in [0.05, 0.1) is 35.5 Å². The van der Waals surface area contributed by atoms with Crippen molar-refractivity contribution in [3.63, 3.8) is 0 Å². The summed E-state index contributed by atoms with van der Waals surface area (Å²) >= 11 is 1.20. The van der Waals surface area contributed by atoms with Crippen LogP contribution in [0.15, 0.2) is 30.5 Å². The highest BCUT2D eigenvalue weighted by molar-refractivity contribution is 7.17. The van der Waals surface area contributed by atoms with E-state index in [1.807, 2.05) is 0 Å². The van der Waals surface area contributed by atoms with Crippen LogP contribution in [0.2, 0.25) is 0 Å². The van der Waals surface area contributed by atoms with E-state index < -0.39 is 11.7 Å². The minimum Gasteiger partial charge on any atom is -0.494 e. The summed E-state index contributed by atoms with van der Waals surface area (Å²) in [6.45, 7) is 8.15. The fraction of sp³-hybridized carbons (Fsp3) is 0.455. The molecule has 2 aliphatic rings. The molecule has 1 fully saturated rings. The molecular formula is C33H40BN7O6S. The summed E-state index contributed by atoms with van der Waals surface area (Å²) in [5, 5.41) is 34.4. The Balaban J connectivity index is 0.000000365. The van der Waals surface area contributed by atoms with Crippen LogP contribution in [0, 0.1) is 29.6 Å². The molecule has 0 saturated heterocycles. The van der Waals surface area contributed by atoms with Gasteiger partial charge in [0.15, 0.2) is 36.7 Å². The maximum Gasteiger partial charge on any atom is 0.277 e. The zero-order valence-electron chi connectivity index (χ0n) is 27.7. The molecule has 5 rings (SSSR count). The zero-order valence-corrected chi connectivity index (χ0v) is 28.5. The molecule has 2 unspecified atom stereocenters. The average molecular weight is 674 g/mol. The summed E-state index contributed by atoms with van der Waals surface area (Å²) in [4.78, 5) is 43.6. The third-order valence-corrected chi connectivity index (χ3v) is 8.67. The number of carbonyl (C=O) groups is 3. The highest BCUT2D eigenvalue weighted by atomic mass is 32.1. The lowest BCUT2D eigenvalue weighted by atomic mass is 9.93. The van der Waals surface area contributed by atoms with Crippen LogP contribution in [0.1, 0.15) is 66.6 Å². The number of nitrogens with zero attached hydrogens (tertiary/aromatic N) is 4. The lowest BCUT2D eigenvalue weighted by Crippen LogP contribution is -2.49. The largest absolute Gasteiger partial charge is 0.494 e. The first-order chi connectivity index (χ1) is 22.8. The van der Waals surface area contributed by atoms with Crippen LogP contribution >= 0.6 is 11.3 Å². The van der Waals surface area contributed by atoms with E-state index in [1.54, 1.807) is 23.5 Å². The van der Waals surface area contributed by atoms with Gasteiger partial charge in [-0.1, -0.05) is 31.8 Å². The predicted molar refractivity (Wildman–Crippen MR) is 184 cm³/mol. The molecule has 2 atom stereocenters. The number of para-hydroxylation sites is 1. The van der Waals surface area contributed by atoms with Crippen LogP contribution in [0.4, 0.5) is 17.2 Å². The molecule has 1 saturated carbocycles. The monoisotopic (exact) mass is 673 g/mol. The average Bonchev–Trinajstić information content (AvgIpc) is 3.75. The molecule has 0 spiro atoms. The maximum atomic E-state index is 12.6. The Morgan fingerprint density at radius 2 is 1.96 bits per heavy atom. The summed E-state index contributed by atoms with van der Waals surface area (Å²) in [5.41, 5.74) is 0.708. The number of ketones is 1. The van der Waals surface area contributed by atoms with Gasteiger partial charge in [-0.05, 0) is 50.8 Å². The van der Waals surface area contributed by atoms with Gasteiger partial charge in [-0.25, -0.2) is 4.98 Å². The number of Topliss-reactive ketones (excluding diaryl/α,β-unsaturated/α-hetero) is 1. The summed E-state index contributed by atoms with van der Waals surface area (Å²) in [6.07, 6.45) is 5.52. The van der Waals surface area contributed by atoms with Gasteiger partial charge in [0.25, 0.3) is 5.91 Å². The second-order valence-corrected chi connectivity index (χ2v) is 13.0. The summed E-state index contributed by atoms with van der Waals surface area (Å²) in [7, 11) is 8.67. The maximum absolute atomic E-state index is 12.6. The zero-order chi connectivity index (χ0) is 35.0. The summed E-state index contributed by atoms with van der Waals surface area (Å²) in [6, 6.07) is 6.51. The molecule has 1 aliphatic carbocycles. The normalized spacial score (nSPS) is 17.7. The second-order valence-electron chi connectivity index (χ2n) is 12.0. The van der Waals surface area contributed by atoms with Gasteiger partial charge >= 0.3 is 0 Å². The van der Waals surface area contributed by atoms with Crippen LogP contribution in [0.25, 0.3) is 10.6 Å². The van der Waals surface area contributed by atoms with Gasteiger partial charge in [0.1, 0.15) is 5.01 Å².